The molecule has 0 spiro atoms. The number of carboxylic acid groups (broad SMARTS) is 1. The van der Waals surface area contributed by atoms with E-state index in [1.807, 2.05) is 0 Å². The predicted octanol–water partition coefficient (Wildman–Crippen LogP) is 1.36. The number of amides is 2. The fraction of sp³-hybridized carbons (Fsp3) is 0.846. The minimum Gasteiger partial charge on any atom is -0.480 e. The van der Waals surface area contributed by atoms with Gasteiger partial charge in [-0.15, -0.1) is 0 Å². The van der Waals surface area contributed by atoms with E-state index >= 15 is 0 Å². The van der Waals surface area contributed by atoms with E-state index in [9.17, 15) is 9.59 Å². The van der Waals surface area contributed by atoms with Gasteiger partial charge in [-0.3, -0.25) is 0 Å². The number of nitrogens with one attached hydrogen (secondary N) is 2. The SMILES string of the molecule is CC1(CNC(=O)NCCOCC(=O)O)CCCCC1. The Morgan fingerprint density at radius 3 is 2.53 bits per heavy atom. The maximum Gasteiger partial charge on any atom is 0.329 e. The van der Waals surface area contributed by atoms with Crippen molar-refractivity contribution in [2.45, 2.75) is 39.0 Å². The molecular weight excluding hydrogens is 248 g/mol. The van der Waals surface area contributed by atoms with Gasteiger partial charge in [0.2, 0.25) is 0 Å². The minimum atomic E-state index is -1.00. The molecule has 1 aliphatic rings. The molecule has 0 atom stereocenters. The number of carbonyl (C=O) groups is 2. The van der Waals surface area contributed by atoms with Crippen molar-refractivity contribution >= 4 is 12.0 Å². The Bertz CT molecular complexity index is 301. The molecule has 0 heterocycles. The van der Waals surface area contributed by atoms with Crippen LogP contribution in [0.25, 0.3) is 0 Å². The summed E-state index contributed by atoms with van der Waals surface area (Å²) < 4.78 is 4.82. The number of urea groups is 1. The van der Waals surface area contributed by atoms with Gasteiger partial charge >= 0.3 is 12.0 Å². The molecule has 0 saturated heterocycles. The van der Waals surface area contributed by atoms with Crippen LogP contribution in [0.1, 0.15) is 39.0 Å². The highest BCUT2D eigenvalue weighted by Crippen LogP contribution is 2.34. The standard InChI is InChI=1S/C13H24N2O4/c1-13(5-3-2-4-6-13)10-15-12(18)14-7-8-19-9-11(16)17/h2-10H2,1H3,(H,16,17)(H2,14,15,18). The van der Waals surface area contributed by atoms with E-state index in [0.717, 1.165) is 12.8 Å². The largest absolute Gasteiger partial charge is 0.480 e. The molecule has 6 heteroatoms. The molecule has 2 amide bonds. The first kappa shape index (κ1) is 15.8. The molecule has 0 aromatic rings. The van der Waals surface area contributed by atoms with Gasteiger partial charge in [0, 0.05) is 13.1 Å². The number of ether oxygens (including phenoxy) is 1. The molecule has 0 aromatic heterocycles. The Labute approximate surface area is 113 Å². The zero-order valence-corrected chi connectivity index (χ0v) is 11.5. The summed E-state index contributed by atoms with van der Waals surface area (Å²) in [5.41, 5.74) is 0.218. The number of aliphatic carboxylic acids is 1. The number of hydrogen-bond acceptors (Lipinski definition) is 3. The molecule has 0 bridgehead atoms. The first-order chi connectivity index (χ1) is 9.02. The molecule has 1 saturated carbocycles. The highest BCUT2D eigenvalue weighted by Gasteiger charge is 2.26. The van der Waals surface area contributed by atoms with Gasteiger partial charge in [-0.25, -0.2) is 9.59 Å². The summed E-state index contributed by atoms with van der Waals surface area (Å²) in [6.07, 6.45) is 6.10. The van der Waals surface area contributed by atoms with Crippen molar-refractivity contribution in [3.05, 3.63) is 0 Å². The van der Waals surface area contributed by atoms with Gasteiger partial charge in [-0.2, -0.15) is 0 Å². The van der Waals surface area contributed by atoms with Crippen molar-refractivity contribution in [2.75, 3.05) is 26.3 Å². The van der Waals surface area contributed by atoms with Crippen LogP contribution in [0.5, 0.6) is 0 Å². The van der Waals surface area contributed by atoms with Crippen molar-refractivity contribution < 1.29 is 19.4 Å². The summed E-state index contributed by atoms with van der Waals surface area (Å²) in [4.78, 5) is 21.7. The van der Waals surface area contributed by atoms with E-state index < -0.39 is 5.97 Å². The summed E-state index contributed by atoms with van der Waals surface area (Å²) in [6.45, 7) is 3.09. The Morgan fingerprint density at radius 1 is 1.21 bits per heavy atom. The average molecular weight is 272 g/mol. The van der Waals surface area contributed by atoms with E-state index in [1.165, 1.54) is 19.3 Å². The monoisotopic (exact) mass is 272 g/mol. The molecule has 19 heavy (non-hydrogen) atoms. The second-order valence-electron chi connectivity index (χ2n) is 5.43. The van der Waals surface area contributed by atoms with Gasteiger partial charge in [0.25, 0.3) is 0 Å². The zero-order valence-electron chi connectivity index (χ0n) is 11.5. The molecule has 1 rings (SSSR count). The van der Waals surface area contributed by atoms with Gasteiger partial charge in [-0.1, -0.05) is 26.2 Å². The molecule has 0 radical (unpaired) electrons. The first-order valence-corrected chi connectivity index (χ1v) is 6.83. The van der Waals surface area contributed by atoms with Gasteiger partial charge in [0.15, 0.2) is 0 Å². The Balaban J connectivity index is 2.05. The predicted molar refractivity (Wildman–Crippen MR) is 71.0 cm³/mol. The molecule has 0 aliphatic heterocycles. The van der Waals surface area contributed by atoms with Crippen molar-refractivity contribution in [3.8, 4) is 0 Å². The quantitative estimate of drug-likeness (QED) is 0.611. The fourth-order valence-corrected chi connectivity index (χ4v) is 2.33. The number of hydrogen-bond donors (Lipinski definition) is 3. The van der Waals surface area contributed by atoms with Crippen molar-refractivity contribution in [3.63, 3.8) is 0 Å². The average Bonchev–Trinajstić information content (AvgIpc) is 2.37. The normalized spacial score (nSPS) is 17.7. The molecule has 1 aliphatic carbocycles. The minimum absolute atomic E-state index is 0.205. The Morgan fingerprint density at radius 2 is 1.89 bits per heavy atom. The third kappa shape index (κ3) is 7.00. The van der Waals surface area contributed by atoms with Crippen LogP contribution in [0, 0.1) is 5.41 Å². The number of rotatable bonds is 7. The van der Waals surface area contributed by atoms with Crippen molar-refractivity contribution in [1.29, 1.82) is 0 Å². The van der Waals surface area contributed by atoms with Crippen molar-refractivity contribution in [1.82, 2.24) is 10.6 Å². The highest BCUT2D eigenvalue weighted by molar-refractivity contribution is 5.73. The van der Waals surface area contributed by atoms with Crippen LogP contribution in [0.3, 0.4) is 0 Å². The van der Waals surface area contributed by atoms with Gasteiger partial charge < -0.3 is 20.5 Å². The lowest BCUT2D eigenvalue weighted by molar-refractivity contribution is -0.142. The van der Waals surface area contributed by atoms with Crippen LogP contribution >= 0.6 is 0 Å². The van der Waals surface area contributed by atoms with E-state index in [-0.39, 0.29) is 24.7 Å². The van der Waals surface area contributed by atoms with Crippen molar-refractivity contribution in [2.24, 2.45) is 5.41 Å². The zero-order chi connectivity index (χ0) is 14.1. The molecule has 110 valence electrons. The topological polar surface area (TPSA) is 87.7 Å². The molecule has 0 aromatic carbocycles. The maximum atomic E-state index is 11.5. The molecule has 3 N–H and O–H groups in total. The lowest BCUT2D eigenvalue weighted by Crippen LogP contribution is -2.43. The summed E-state index contributed by atoms with van der Waals surface area (Å²) in [5.74, 6) is -1.00. The maximum absolute atomic E-state index is 11.5. The summed E-state index contributed by atoms with van der Waals surface area (Å²) in [6, 6.07) is -0.217. The summed E-state index contributed by atoms with van der Waals surface area (Å²) in [5, 5.41) is 13.9. The van der Waals surface area contributed by atoms with Crippen LogP contribution in [0.4, 0.5) is 4.79 Å². The Kier molecular flexibility index (Phi) is 6.62. The highest BCUT2D eigenvalue weighted by atomic mass is 16.5. The fourth-order valence-electron chi connectivity index (χ4n) is 2.33. The third-order valence-electron chi connectivity index (χ3n) is 3.49. The van der Waals surface area contributed by atoms with E-state index in [1.54, 1.807) is 0 Å². The smallest absolute Gasteiger partial charge is 0.329 e. The third-order valence-corrected chi connectivity index (χ3v) is 3.49. The lowest BCUT2D eigenvalue weighted by Gasteiger charge is -2.33. The number of carboxylic acids is 1. The number of carbonyl (C=O) groups excluding carboxylic acids is 1. The van der Waals surface area contributed by atoms with Crippen LogP contribution in [-0.2, 0) is 9.53 Å². The molecule has 6 nitrogen and oxygen atoms in total. The molecule has 0 unspecified atom stereocenters. The second-order valence-corrected chi connectivity index (χ2v) is 5.43. The second kappa shape index (κ2) is 7.99. The lowest BCUT2D eigenvalue weighted by atomic mass is 9.76. The van der Waals surface area contributed by atoms with Gasteiger partial charge in [0.05, 0.1) is 6.61 Å². The van der Waals surface area contributed by atoms with E-state index in [2.05, 4.69) is 17.6 Å². The van der Waals surface area contributed by atoms with Crippen LogP contribution < -0.4 is 10.6 Å². The van der Waals surface area contributed by atoms with E-state index in [0.29, 0.717) is 13.1 Å². The first-order valence-electron chi connectivity index (χ1n) is 6.83. The molecular formula is C13H24N2O4. The molecule has 1 fully saturated rings. The summed E-state index contributed by atoms with van der Waals surface area (Å²) in [7, 11) is 0. The summed E-state index contributed by atoms with van der Waals surface area (Å²) >= 11 is 0. The van der Waals surface area contributed by atoms with Crippen LogP contribution in [0.2, 0.25) is 0 Å². The van der Waals surface area contributed by atoms with Gasteiger partial charge in [0.1, 0.15) is 6.61 Å². The van der Waals surface area contributed by atoms with Crippen LogP contribution in [-0.4, -0.2) is 43.4 Å². The van der Waals surface area contributed by atoms with E-state index in [4.69, 9.17) is 9.84 Å². The van der Waals surface area contributed by atoms with Gasteiger partial charge in [-0.05, 0) is 18.3 Å². The Hall–Kier alpha value is -1.30. The van der Waals surface area contributed by atoms with Crippen LogP contribution in [0.15, 0.2) is 0 Å².